The maximum absolute atomic E-state index is 15.9. The molecular formula is C39H47Cl2F2N3O5S2. The minimum absolute atomic E-state index is 0.0259. The van der Waals surface area contributed by atoms with E-state index in [1.54, 1.807) is 31.3 Å². The molecule has 0 amide bonds. The second-order valence-electron chi connectivity index (χ2n) is 13.8. The average molecular weight is 811 g/mol. The molecule has 53 heavy (non-hydrogen) atoms. The first-order valence-corrected chi connectivity index (χ1v) is 20.7. The summed E-state index contributed by atoms with van der Waals surface area (Å²) in [6.07, 6.45) is 3.83. The molecule has 0 saturated carbocycles. The molecule has 0 bridgehead atoms. The summed E-state index contributed by atoms with van der Waals surface area (Å²) in [5, 5.41) is 10.7. The standard InChI is InChI=1S/C39H47Cl2F2N3O5S2/c1-8-25(24(3)4)11-10-18-45(34(9-2)37(47)48)53(49,50)29-20-32(41)30(33(43)21-29)23-52-38-44-22-36(46(38)28-15-13-27(42)14-16-28)39(5,6)26-12-17-31(40)35(19-26)51-7/h12-17,19-22,24-25,34H,8-11,18,23H2,1-7H3,(H,47,48). The number of carbonyl (C=O) groups is 1. The summed E-state index contributed by atoms with van der Waals surface area (Å²) in [6.45, 7) is 11.9. The first-order chi connectivity index (χ1) is 25.0. The number of carboxylic acid groups (broad SMARTS) is 1. The maximum Gasteiger partial charge on any atom is 0.322 e. The van der Waals surface area contributed by atoms with Crippen LogP contribution >= 0.6 is 35.0 Å². The molecule has 3 aromatic carbocycles. The van der Waals surface area contributed by atoms with Crippen LogP contribution in [0.15, 0.2) is 70.8 Å². The van der Waals surface area contributed by atoms with Crippen molar-refractivity contribution in [1.82, 2.24) is 13.9 Å². The highest BCUT2D eigenvalue weighted by molar-refractivity contribution is 7.98. The van der Waals surface area contributed by atoms with Crippen LogP contribution in [-0.4, -0.2) is 53.0 Å². The monoisotopic (exact) mass is 809 g/mol. The number of sulfonamides is 1. The molecule has 0 aliphatic rings. The van der Waals surface area contributed by atoms with Gasteiger partial charge in [0.1, 0.15) is 23.4 Å². The van der Waals surface area contributed by atoms with Gasteiger partial charge in [-0.2, -0.15) is 4.31 Å². The molecule has 288 valence electrons. The van der Waals surface area contributed by atoms with Crippen LogP contribution in [0.1, 0.15) is 84.0 Å². The number of ether oxygens (including phenoxy) is 1. The Morgan fingerprint density at radius 2 is 1.72 bits per heavy atom. The number of thioether (sulfide) groups is 1. The molecule has 0 aliphatic heterocycles. The molecule has 0 aliphatic carbocycles. The summed E-state index contributed by atoms with van der Waals surface area (Å²) >= 11 is 14.1. The van der Waals surface area contributed by atoms with Gasteiger partial charge in [-0.3, -0.25) is 9.36 Å². The van der Waals surface area contributed by atoms with Crippen LogP contribution in [0.2, 0.25) is 10.0 Å². The minimum atomic E-state index is -4.45. The molecule has 4 rings (SSSR count). The van der Waals surface area contributed by atoms with Crippen molar-refractivity contribution in [2.75, 3.05) is 13.7 Å². The number of rotatable bonds is 18. The lowest BCUT2D eigenvalue weighted by atomic mass is 9.81. The van der Waals surface area contributed by atoms with Gasteiger partial charge in [0.15, 0.2) is 5.16 Å². The van der Waals surface area contributed by atoms with E-state index >= 15 is 4.39 Å². The van der Waals surface area contributed by atoms with Crippen LogP contribution in [0.5, 0.6) is 5.75 Å². The van der Waals surface area contributed by atoms with Crippen molar-refractivity contribution in [1.29, 1.82) is 0 Å². The molecule has 0 fully saturated rings. The summed E-state index contributed by atoms with van der Waals surface area (Å²) in [5.41, 5.74) is 1.61. The maximum atomic E-state index is 15.9. The Hall–Kier alpha value is -3.16. The molecule has 4 aromatic rings. The van der Waals surface area contributed by atoms with E-state index in [0.29, 0.717) is 39.9 Å². The molecule has 1 heterocycles. The van der Waals surface area contributed by atoms with Crippen LogP contribution in [0.25, 0.3) is 5.69 Å². The Kier molecular flexibility index (Phi) is 14.4. The highest BCUT2D eigenvalue weighted by atomic mass is 35.5. The number of methoxy groups -OCH3 is 1. The SMILES string of the molecule is CCC(CCCN(C(CC)C(=O)O)S(=O)(=O)c1cc(F)c(CSc2ncc(C(C)(C)c3ccc(Cl)c(OC)c3)n2-c2ccc(F)cc2)c(Cl)c1)C(C)C. The molecule has 1 N–H and O–H groups in total. The van der Waals surface area contributed by atoms with Crippen molar-refractivity contribution in [3.8, 4) is 11.4 Å². The zero-order valence-corrected chi connectivity index (χ0v) is 34.1. The van der Waals surface area contributed by atoms with Crippen molar-refractivity contribution in [2.45, 2.75) is 94.5 Å². The third-order valence-corrected chi connectivity index (χ3v) is 13.3. The Balaban J connectivity index is 1.69. The highest BCUT2D eigenvalue weighted by Crippen LogP contribution is 2.40. The quantitative estimate of drug-likeness (QED) is 0.0999. The van der Waals surface area contributed by atoms with Gasteiger partial charge in [-0.1, -0.05) is 89.0 Å². The van der Waals surface area contributed by atoms with Gasteiger partial charge in [0.2, 0.25) is 10.0 Å². The minimum Gasteiger partial charge on any atom is -0.495 e. The van der Waals surface area contributed by atoms with Gasteiger partial charge in [-0.15, -0.1) is 0 Å². The summed E-state index contributed by atoms with van der Waals surface area (Å²) in [4.78, 5) is 16.5. The number of imidazole rings is 1. The van der Waals surface area contributed by atoms with Crippen LogP contribution in [0.3, 0.4) is 0 Å². The molecule has 1 aromatic heterocycles. The highest BCUT2D eigenvalue weighted by Gasteiger charge is 2.36. The number of hydrogen-bond donors (Lipinski definition) is 1. The number of benzene rings is 3. The molecule has 14 heteroatoms. The number of aromatic nitrogens is 2. The number of halogens is 4. The fraction of sp³-hybridized carbons (Fsp3) is 0.436. The Morgan fingerprint density at radius 1 is 1.04 bits per heavy atom. The van der Waals surface area contributed by atoms with E-state index in [-0.39, 0.29) is 29.3 Å². The second-order valence-corrected chi connectivity index (χ2v) is 17.4. The first-order valence-electron chi connectivity index (χ1n) is 17.5. The Morgan fingerprint density at radius 3 is 2.28 bits per heavy atom. The van der Waals surface area contributed by atoms with Gasteiger partial charge in [0.05, 0.1) is 28.9 Å². The molecular weight excluding hydrogens is 763 g/mol. The van der Waals surface area contributed by atoms with Gasteiger partial charge < -0.3 is 9.84 Å². The van der Waals surface area contributed by atoms with Crippen molar-refractivity contribution < 1.29 is 31.8 Å². The van der Waals surface area contributed by atoms with E-state index in [1.807, 2.05) is 30.5 Å². The van der Waals surface area contributed by atoms with E-state index in [2.05, 4.69) is 25.8 Å². The van der Waals surface area contributed by atoms with E-state index in [9.17, 15) is 22.7 Å². The Labute approximate surface area is 325 Å². The third-order valence-electron chi connectivity index (χ3n) is 9.83. The van der Waals surface area contributed by atoms with E-state index in [1.165, 1.54) is 37.1 Å². The van der Waals surface area contributed by atoms with Gasteiger partial charge in [0, 0.05) is 34.0 Å². The first kappa shape index (κ1) is 42.6. The number of aliphatic carboxylic acids is 1. The topological polar surface area (TPSA) is 102 Å². The van der Waals surface area contributed by atoms with E-state index in [0.717, 1.165) is 34.5 Å². The molecule has 0 saturated heterocycles. The van der Waals surface area contributed by atoms with Crippen LogP contribution in [0.4, 0.5) is 8.78 Å². The molecule has 8 nitrogen and oxygen atoms in total. The van der Waals surface area contributed by atoms with Crippen molar-refractivity contribution in [2.24, 2.45) is 11.8 Å². The third kappa shape index (κ3) is 9.57. The van der Waals surface area contributed by atoms with Gasteiger partial charge in [-0.25, -0.2) is 22.2 Å². The lowest BCUT2D eigenvalue weighted by Crippen LogP contribution is -2.45. The predicted molar refractivity (Wildman–Crippen MR) is 208 cm³/mol. The summed E-state index contributed by atoms with van der Waals surface area (Å²) in [6, 6.07) is 12.1. The smallest absolute Gasteiger partial charge is 0.322 e. The van der Waals surface area contributed by atoms with Crippen molar-refractivity contribution in [3.63, 3.8) is 0 Å². The number of hydrogen-bond acceptors (Lipinski definition) is 6. The Bertz CT molecular complexity index is 1980. The lowest BCUT2D eigenvalue weighted by Gasteiger charge is -2.29. The zero-order valence-electron chi connectivity index (χ0n) is 31.0. The summed E-state index contributed by atoms with van der Waals surface area (Å²) < 4.78 is 66.2. The second kappa shape index (κ2) is 18.0. The normalized spacial score (nSPS) is 13.5. The fourth-order valence-electron chi connectivity index (χ4n) is 6.52. The van der Waals surface area contributed by atoms with Crippen molar-refractivity contribution in [3.05, 3.63) is 99.3 Å². The lowest BCUT2D eigenvalue weighted by molar-refractivity contribution is -0.141. The number of nitrogens with zero attached hydrogens (tertiary/aromatic N) is 3. The average Bonchev–Trinajstić information content (AvgIpc) is 3.54. The van der Waals surface area contributed by atoms with Gasteiger partial charge in [-0.05, 0) is 85.2 Å². The van der Waals surface area contributed by atoms with E-state index < -0.39 is 44.0 Å². The number of carboxylic acids is 1. The zero-order chi connectivity index (χ0) is 39.2. The van der Waals surface area contributed by atoms with Crippen molar-refractivity contribution >= 4 is 51.0 Å². The van der Waals surface area contributed by atoms with Gasteiger partial charge in [0.25, 0.3) is 0 Å². The van der Waals surface area contributed by atoms with E-state index in [4.69, 9.17) is 27.9 Å². The van der Waals surface area contributed by atoms with Crippen LogP contribution < -0.4 is 4.74 Å². The fourth-order valence-corrected chi connectivity index (χ4v) is 9.89. The molecule has 0 spiro atoms. The summed E-state index contributed by atoms with van der Waals surface area (Å²) in [7, 11) is -2.91. The van der Waals surface area contributed by atoms with Crippen LogP contribution in [0, 0.1) is 23.5 Å². The predicted octanol–water partition coefficient (Wildman–Crippen LogP) is 10.4. The molecule has 2 unspecified atom stereocenters. The molecule has 2 atom stereocenters. The van der Waals surface area contributed by atoms with Crippen LogP contribution in [-0.2, 0) is 26.0 Å². The summed E-state index contributed by atoms with van der Waals surface area (Å²) in [5.74, 6) is -1.32. The largest absolute Gasteiger partial charge is 0.495 e. The van der Waals surface area contributed by atoms with Gasteiger partial charge >= 0.3 is 5.97 Å². The molecule has 0 radical (unpaired) electrons.